The summed E-state index contributed by atoms with van der Waals surface area (Å²) in [5.41, 5.74) is 6.41. The number of halogens is 2. The Morgan fingerprint density at radius 2 is 2.26 bits per heavy atom. The number of nitrogens with zero attached hydrogens (tertiary/aromatic N) is 3. The third-order valence-corrected chi connectivity index (χ3v) is 4.29. The van der Waals surface area contributed by atoms with Crippen molar-refractivity contribution in [2.45, 2.75) is 5.16 Å². The molecule has 0 spiro atoms. The molecule has 0 amide bonds. The molecule has 0 aliphatic carbocycles. The predicted molar refractivity (Wildman–Crippen MR) is 76.8 cm³/mol. The molecule has 3 N–H and O–H groups in total. The number of carboxylic acid groups (broad SMARTS) is 1. The summed E-state index contributed by atoms with van der Waals surface area (Å²) in [4.78, 5) is 10.6. The van der Waals surface area contributed by atoms with E-state index < -0.39 is 5.97 Å². The number of nitrogens with two attached hydrogens (primary N) is 1. The number of nitrogen functional groups attached to an aromatic ring is 1. The van der Waals surface area contributed by atoms with E-state index in [1.54, 1.807) is 22.8 Å². The zero-order valence-electron chi connectivity index (χ0n) is 9.38. The standard InChI is InChI=1S/C10H8BrClN4O2S/c11-6-2-1-5(3-7(6)12)16-9(13)14-15-10(16)19-4-8(17)18/h1-3H,4H2,(H2,13,14)(H,17,18). The van der Waals surface area contributed by atoms with Crippen LogP contribution in [0.15, 0.2) is 27.8 Å². The maximum Gasteiger partial charge on any atom is 0.313 e. The second-order valence-electron chi connectivity index (χ2n) is 3.46. The summed E-state index contributed by atoms with van der Waals surface area (Å²) >= 11 is 10.3. The molecule has 0 atom stereocenters. The SMILES string of the molecule is Nc1nnc(SCC(=O)O)n1-c1ccc(Br)c(Cl)c1. The Morgan fingerprint density at radius 3 is 2.89 bits per heavy atom. The number of aromatic nitrogens is 3. The van der Waals surface area contributed by atoms with Gasteiger partial charge in [0.1, 0.15) is 0 Å². The summed E-state index contributed by atoms with van der Waals surface area (Å²) in [6, 6.07) is 5.24. The van der Waals surface area contributed by atoms with Crippen LogP contribution in [0.25, 0.3) is 5.69 Å². The van der Waals surface area contributed by atoms with Crippen molar-refractivity contribution in [3.8, 4) is 5.69 Å². The molecule has 0 unspecified atom stereocenters. The van der Waals surface area contributed by atoms with Crippen LogP contribution < -0.4 is 5.73 Å². The largest absolute Gasteiger partial charge is 0.481 e. The molecule has 0 radical (unpaired) electrons. The molecule has 0 fully saturated rings. The van der Waals surface area contributed by atoms with Gasteiger partial charge in [-0.25, -0.2) is 0 Å². The lowest BCUT2D eigenvalue weighted by atomic mass is 10.3. The molecule has 2 aromatic rings. The maximum absolute atomic E-state index is 10.6. The first-order valence-corrected chi connectivity index (χ1v) is 7.15. The van der Waals surface area contributed by atoms with Crippen molar-refractivity contribution in [1.29, 1.82) is 0 Å². The van der Waals surface area contributed by atoms with Crippen LogP contribution >= 0.6 is 39.3 Å². The highest BCUT2D eigenvalue weighted by atomic mass is 79.9. The van der Waals surface area contributed by atoms with Gasteiger partial charge in [0.15, 0.2) is 5.16 Å². The first-order valence-electron chi connectivity index (χ1n) is 5.00. The molecular formula is C10H8BrClN4O2S. The summed E-state index contributed by atoms with van der Waals surface area (Å²) in [6.07, 6.45) is 0. The van der Waals surface area contributed by atoms with Crippen molar-refractivity contribution >= 4 is 51.2 Å². The first kappa shape index (κ1) is 14.2. The smallest absolute Gasteiger partial charge is 0.313 e. The Hall–Kier alpha value is -1.25. The fraction of sp³-hybridized carbons (Fsp3) is 0.100. The van der Waals surface area contributed by atoms with Crippen molar-refractivity contribution in [1.82, 2.24) is 14.8 Å². The fourth-order valence-corrected chi connectivity index (χ4v) is 2.47. The molecule has 2 rings (SSSR count). The topological polar surface area (TPSA) is 94.0 Å². The van der Waals surface area contributed by atoms with E-state index in [0.29, 0.717) is 15.9 Å². The van der Waals surface area contributed by atoms with Gasteiger partial charge in [0.25, 0.3) is 0 Å². The molecule has 0 aliphatic heterocycles. The van der Waals surface area contributed by atoms with Crippen molar-refractivity contribution in [3.05, 3.63) is 27.7 Å². The van der Waals surface area contributed by atoms with Crippen LogP contribution in [-0.2, 0) is 4.79 Å². The molecule has 6 nitrogen and oxygen atoms in total. The maximum atomic E-state index is 10.6. The molecule has 0 saturated heterocycles. The average Bonchev–Trinajstić information content (AvgIpc) is 2.71. The Balaban J connectivity index is 2.40. The van der Waals surface area contributed by atoms with Crippen molar-refractivity contribution < 1.29 is 9.90 Å². The molecule has 100 valence electrons. The van der Waals surface area contributed by atoms with Gasteiger partial charge in [-0.3, -0.25) is 9.36 Å². The molecule has 0 saturated carbocycles. The van der Waals surface area contributed by atoms with Crippen LogP contribution in [0.4, 0.5) is 5.95 Å². The monoisotopic (exact) mass is 362 g/mol. The third kappa shape index (κ3) is 3.20. The molecule has 1 heterocycles. The van der Waals surface area contributed by atoms with Gasteiger partial charge < -0.3 is 10.8 Å². The van der Waals surface area contributed by atoms with E-state index in [2.05, 4.69) is 26.1 Å². The Bertz CT molecular complexity index is 634. The summed E-state index contributed by atoms with van der Waals surface area (Å²) in [5.74, 6) is -0.888. The lowest BCUT2D eigenvalue weighted by Crippen LogP contribution is -2.04. The lowest BCUT2D eigenvalue weighted by Gasteiger charge is -2.08. The van der Waals surface area contributed by atoms with Gasteiger partial charge >= 0.3 is 5.97 Å². The molecule has 19 heavy (non-hydrogen) atoms. The zero-order chi connectivity index (χ0) is 14.0. The van der Waals surface area contributed by atoms with E-state index >= 15 is 0 Å². The number of hydrogen-bond acceptors (Lipinski definition) is 5. The zero-order valence-corrected chi connectivity index (χ0v) is 12.5. The van der Waals surface area contributed by atoms with E-state index in [-0.39, 0.29) is 11.7 Å². The van der Waals surface area contributed by atoms with E-state index in [0.717, 1.165) is 16.2 Å². The number of anilines is 1. The summed E-state index contributed by atoms with van der Waals surface area (Å²) in [6.45, 7) is 0. The number of carboxylic acids is 1. The van der Waals surface area contributed by atoms with Gasteiger partial charge in [0.05, 0.1) is 16.5 Å². The third-order valence-electron chi connectivity index (χ3n) is 2.14. The van der Waals surface area contributed by atoms with Crippen LogP contribution in [0.1, 0.15) is 0 Å². The van der Waals surface area contributed by atoms with Crippen LogP contribution in [-0.4, -0.2) is 31.6 Å². The van der Waals surface area contributed by atoms with E-state index in [1.165, 1.54) is 0 Å². The second-order valence-corrected chi connectivity index (χ2v) is 5.66. The molecule has 1 aromatic heterocycles. The van der Waals surface area contributed by atoms with E-state index in [1.807, 2.05) is 0 Å². The molecule has 9 heteroatoms. The van der Waals surface area contributed by atoms with Gasteiger partial charge in [0.2, 0.25) is 5.95 Å². The minimum atomic E-state index is -0.938. The Labute approximate surface area is 126 Å². The number of rotatable bonds is 4. The molecule has 0 bridgehead atoms. The van der Waals surface area contributed by atoms with Gasteiger partial charge in [-0.2, -0.15) is 0 Å². The molecule has 1 aromatic carbocycles. The van der Waals surface area contributed by atoms with Crippen molar-refractivity contribution in [2.75, 3.05) is 11.5 Å². The van der Waals surface area contributed by atoms with Crippen molar-refractivity contribution in [3.63, 3.8) is 0 Å². The number of carbonyl (C=O) groups is 1. The lowest BCUT2D eigenvalue weighted by molar-refractivity contribution is -0.133. The Morgan fingerprint density at radius 1 is 1.53 bits per heavy atom. The average molecular weight is 364 g/mol. The van der Waals surface area contributed by atoms with E-state index in [9.17, 15) is 4.79 Å². The number of benzene rings is 1. The van der Waals surface area contributed by atoms with Gasteiger partial charge in [-0.05, 0) is 34.1 Å². The second kappa shape index (κ2) is 5.81. The molecular weight excluding hydrogens is 356 g/mol. The highest BCUT2D eigenvalue weighted by Gasteiger charge is 2.14. The minimum Gasteiger partial charge on any atom is -0.481 e. The first-order chi connectivity index (χ1) is 8.99. The summed E-state index contributed by atoms with van der Waals surface area (Å²) in [7, 11) is 0. The Kier molecular flexibility index (Phi) is 4.33. The fourth-order valence-electron chi connectivity index (χ4n) is 1.37. The van der Waals surface area contributed by atoms with E-state index in [4.69, 9.17) is 22.4 Å². The predicted octanol–water partition coefficient (Wildman–Crippen LogP) is 2.44. The number of thioether (sulfide) groups is 1. The summed E-state index contributed by atoms with van der Waals surface area (Å²) in [5, 5.41) is 17.2. The van der Waals surface area contributed by atoms with Crippen LogP contribution in [0, 0.1) is 0 Å². The minimum absolute atomic E-state index is 0.123. The number of hydrogen-bond donors (Lipinski definition) is 2. The van der Waals surface area contributed by atoms with Crippen LogP contribution in [0.5, 0.6) is 0 Å². The van der Waals surface area contributed by atoms with Gasteiger partial charge in [-0.15, -0.1) is 10.2 Å². The van der Waals surface area contributed by atoms with Crippen LogP contribution in [0.2, 0.25) is 5.02 Å². The van der Waals surface area contributed by atoms with Gasteiger partial charge in [0, 0.05) is 4.47 Å². The summed E-state index contributed by atoms with van der Waals surface area (Å²) < 4.78 is 2.30. The normalized spacial score (nSPS) is 10.6. The molecule has 0 aliphatic rings. The van der Waals surface area contributed by atoms with Crippen molar-refractivity contribution in [2.24, 2.45) is 0 Å². The van der Waals surface area contributed by atoms with Gasteiger partial charge in [-0.1, -0.05) is 23.4 Å². The quantitative estimate of drug-likeness (QED) is 0.810. The highest BCUT2D eigenvalue weighted by molar-refractivity contribution is 9.10. The number of aliphatic carboxylic acids is 1. The van der Waals surface area contributed by atoms with Crippen LogP contribution in [0.3, 0.4) is 0 Å². The highest BCUT2D eigenvalue weighted by Crippen LogP contribution is 2.28.